The number of nitro groups is 1. The average Bonchev–Trinajstić information content (AvgIpc) is 2.37. The van der Waals surface area contributed by atoms with Gasteiger partial charge in [0.25, 0.3) is 5.69 Å². The Morgan fingerprint density at radius 2 is 2.26 bits per heavy atom. The first-order valence-corrected chi connectivity index (χ1v) is 7.08. The van der Waals surface area contributed by atoms with Crippen LogP contribution in [0.2, 0.25) is 0 Å². The molecule has 0 saturated heterocycles. The van der Waals surface area contributed by atoms with Crippen LogP contribution in [0.4, 0.5) is 5.69 Å². The largest absolute Gasteiger partial charge is 0.396 e. The minimum Gasteiger partial charge on any atom is -0.396 e. The number of aliphatic hydroxyl groups is 1. The smallest absolute Gasteiger partial charge is 0.273 e. The Balaban J connectivity index is 2.44. The van der Waals surface area contributed by atoms with Crippen molar-refractivity contribution >= 4 is 21.6 Å². The molecule has 0 bridgehead atoms. The van der Waals surface area contributed by atoms with Crippen molar-refractivity contribution < 1.29 is 10.0 Å². The van der Waals surface area contributed by atoms with Crippen LogP contribution in [0.1, 0.15) is 25.3 Å². The molecule has 1 rings (SSSR count). The summed E-state index contributed by atoms with van der Waals surface area (Å²) in [4.78, 5) is 10.5. The van der Waals surface area contributed by atoms with Gasteiger partial charge < -0.3 is 10.4 Å². The van der Waals surface area contributed by atoms with Crippen molar-refractivity contribution in [1.82, 2.24) is 5.32 Å². The number of hydrogen-bond acceptors (Lipinski definition) is 4. The van der Waals surface area contributed by atoms with Crippen LogP contribution in [-0.4, -0.2) is 23.2 Å². The lowest BCUT2D eigenvalue weighted by atomic mass is 10.1. The van der Waals surface area contributed by atoms with Gasteiger partial charge >= 0.3 is 0 Å². The quantitative estimate of drug-likeness (QED) is 0.436. The van der Waals surface area contributed by atoms with E-state index in [0.717, 1.165) is 23.9 Å². The number of rotatable bonds is 8. The van der Waals surface area contributed by atoms with E-state index >= 15 is 0 Å². The Morgan fingerprint density at radius 3 is 2.89 bits per heavy atom. The van der Waals surface area contributed by atoms with Crippen molar-refractivity contribution in [2.45, 2.75) is 26.3 Å². The molecule has 0 aliphatic rings. The molecule has 0 heterocycles. The van der Waals surface area contributed by atoms with Crippen LogP contribution in [0.5, 0.6) is 0 Å². The maximum absolute atomic E-state index is 10.9. The third kappa shape index (κ3) is 5.67. The van der Waals surface area contributed by atoms with Gasteiger partial charge in [-0.05, 0) is 37.4 Å². The van der Waals surface area contributed by atoms with E-state index in [9.17, 15) is 10.1 Å². The third-order valence-electron chi connectivity index (χ3n) is 2.92. The standard InChI is InChI=1S/C13H19BrN2O3/c1-10(9-17)3-2-6-15-8-11-7-12(14)4-5-13(11)16(18)19/h4-5,7,10,15,17H,2-3,6,8-9H2,1H3. The molecule has 0 spiro atoms. The molecule has 106 valence electrons. The highest BCUT2D eigenvalue weighted by Crippen LogP contribution is 2.22. The zero-order valence-corrected chi connectivity index (χ0v) is 12.5. The van der Waals surface area contributed by atoms with Crippen molar-refractivity contribution in [1.29, 1.82) is 0 Å². The summed E-state index contributed by atoms with van der Waals surface area (Å²) in [6, 6.07) is 4.95. The van der Waals surface area contributed by atoms with Gasteiger partial charge in [0, 0.05) is 29.3 Å². The molecule has 6 heteroatoms. The number of nitrogens with zero attached hydrogens (tertiary/aromatic N) is 1. The van der Waals surface area contributed by atoms with E-state index in [1.54, 1.807) is 12.1 Å². The van der Waals surface area contributed by atoms with E-state index in [1.807, 2.05) is 6.92 Å². The summed E-state index contributed by atoms with van der Waals surface area (Å²) in [6.07, 6.45) is 1.90. The van der Waals surface area contributed by atoms with Gasteiger partial charge in [-0.25, -0.2) is 0 Å². The molecule has 1 atom stereocenters. The predicted molar refractivity (Wildman–Crippen MR) is 78.0 cm³/mol. The minimum atomic E-state index is -0.364. The Kier molecular flexibility index (Phi) is 6.97. The van der Waals surface area contributed by atoms with Gasteiger partial charge in [0.05, 0.1) is 4.92 Å². The van der Waals surface area contributed by atoms with Gasteiger partial charge in [-0.3, -0.25) is 10.1 Å². The van der Waals surface area contributed by atoms with Crippen LogP contribution in [0.3, 0.4) is 0 Å². The van der Waals surface area contributed by atoms with Crippen molar-refractivity contribution in [3.8, 4) is 0 Å². The fourth-order valence-electron chi connectivity index (χ4n) is 1.76. The Hall–Kier alpha value is -0.980. The lowest BCUT2D eigenvalue weighted by Crippen LogP contribution is -2.16. The van der Waals surface area contributed by atoms with E-state index in [0.29, 0.717) is 18.0 Å². The summed E-state index contributed by atoms with van der Waals surface area (Å²) in [7, 11) is 0. The molecule has 0 amide bonds. The minimum absolute atomic E-state index is 0.138. The lowest BCUT2D eigenvalue weighted by Gasteiger charge is -2.09. The summed E-state index contributed by atoms with van der Waals surface area (Å²) < 4.78 is 0.837. The summed E-state index contributed by atoms with van der Waals surface area (Å²) in [6.45, 7) is 3.47. The van der Waals surface area contributed by atoms with Crippen LogP contribution in [0.25, 0.3) is 0 Å². The molecular formula is C13H19BrN2O3. The number of aliphatic hydroxyl groups excluding tert-OH is 1. The van der Waals surface area contributed by atoms with E-state index in [1.165, 1.54) is 6.07 Å². The fourth-order valence-corrected chi connectivity index (χ4v) is 2.17. The third-order valence-corrected chi connectivity index (χ3v) is 3.41. The predicted octanol–water partition coefficient (Wildman–Crippen LogP) is 2.86. The number of benzene rings is 1. The first kappa shape index (κ1) is 16.1. The second-order valence-electron chi connectivity index (χ2n) is 4.64. The number of nitro benzene ring substituents is 1. The van der Waals surface area contributed by atoms with Gasteiger partial charge in [-0.15, -0.1) is 0 Å². The number of hydrogen-bond donors (Lipinski definition) is 2. The second kappa shape index (κ2) is 8.24. The summed E-state index contributed by atoms with van der Waals surface area (Å²) in [5.74, 6) is 0.307. The molecule has 2 N–H and O–H groups in total. The monoisotopic (exact) mass is 330 g/mol. The summed E-state index contributed by atoms with van der Waals surface area (Å²) >= 11 is 3.32. The van der Waals surface area contributed by atoms with Gasteiger partial charge in [0.1, 0.15) is 0 Å². The first-order valence-electron chi connectivity index (χ1n) is 6.29. The van der Waals surface area contributed by atoms with Crippen LogP contribution in [0, 0.1) is 16.0 Å². The Labute approximate surface area is 121 Å². The van der Waals surface area contributed by atoms with Crippen molar-refractivity contribution in [3.05, 3.63) is 38.3 Å². The highest BCUT2D eigenvalue weighted by Gasteiger charge is 2.13. The molecule has 0 fully saturated rings. The molecule has 0 radical (unpaired) electrons. The van der Waals surface area contributed by atoms with Gasteiger partial charge in [-0.1, -0.05) is 22.9 Å². The molecule has 1 aromatic rings. The Bertz CT molecular complexity index is 426. The highest BCUT2D eigenvalue weighted by atomic mass is 79.9. The van der Waals surface area contributed by atoms with Crippen molar-refractivity contribution in [3.63, 3.8) is 0 Å². The van der Waals surface area contributed by atoms with E-state index in [4.69, 9.17) is 5.11 Å². The molecule has 19 heavy (non-hydrogen) atoms. The molecule has 5 nitrogen and oxygen atoms in total. The molecule has 0 aromatic heterocycles. The zero-order chi connectivity index (χ0) is 14.3. The zero-order valence-electron chi connectivity index (χ0n) is 10.9. The molecule has 1 aromatic carbocycles. The molecule has 0 aliphatic heterocycles. The molecule has 0 aliphatic carbocycles. The summed E-state index contributed by atoms with van der Waals surface area (Å²) in [5.41, 5.74) is 0.814. The lowest BCUT2D eigenvalue weighted by molar-refractivity contribution is -0.385. The fraction of sp³-hybridized carbons (Fsp3) is 0.538. The van der Waals surface area contributed by atoms with Gasteiger partial charge in [-0.2, -0.15) is 0 Å². The van der Waals surface area contributed by atoms with E-state index < -0.39 is 0 Å². The molecule has 0 saturated carbocycles. The van der Waals surface area contributed by atoms with Crippen LogP contribution in [-0.2, 0) is 6.54 Å². The van der Waals surface area contributed by atoms with E-state index in [-0.39, 0.29) is 17.2 Å². The van der Waals surface area contributed by atoms with Crippen LogP contribution in [0.15, 0.2) is 22.7 Å². The molecule has 1 unspecified atom stereocenters. The number of halogens is 1. The van der Waals surface area contributed by atoms with Crippen molar-refractivity contribution in [2.24, 2.45) is 5.92 Å². The van der Waals surface area contributed by atoms with Crippen LogP contribution >= 0.6 is 15.9 Å². The first-order chi connectivity index (χ1) is 9.04. The topological polar surface area (TPSA) is 75.4 Å². The maximum atomic E-state index is 10.9. The van der Waals surface area contributed by atoms with Crippen LogP contribution < -0.4 is 5.32 Å². The molecular weight excluding hydrogens is 312 g/mol. The number of nitrogens with one attached hydrogen (secondary N) is 1. The average molecular weight is 331 g/mol. The van der Waals surface area contributed by atoms with Gasteiger partial charge in [0.2, 0.25) is 0 Å². The van der Waals surface area contributed by atoms with Gasteiger partial charge in [0.15, 0.2) is 0 Å². The van der Waals surface area contributed by atoms with E-state index in [2.05, 4.69) is 21.2 Å². The highest BCUT2D eigenvalue weighted by molar-refractivity contribution is 9.10. The SMILES string of the molecule is CC(CO)CCCNCc1cc(Br)ccc1[N+](=O)[O-]. The van der Waals surface area contributed by atoms with Crippen molar-refractivity contribution in [2.75, 3.05) is 13.2 Å². The summed E-state index contributed by atoms with van der Waals surface area (Å²) in [5, 5.41) is 23.0. The normalized spacial score (nSPS) is 12.4. The maximum Gasteiger partial charge on any atom is 0.273 e. The Morgan fingerprint density at radius 1 is 1.53 bits per heavy atom. The second-order valence-corrected chi connectivity index (χ2v) is 5.55.